The predicted molar refractivity (Wildman–Crippen MR) is 493 cm³/mol. The molecule has 0 aliphatic carbocycles. The van der Waals surface area contributed by atoms with Gasteiger partial charge in [0.15, 0.2) is 55.3 Å². The van der Waals surface area contributed by atoms with Crippen LogP contribution in [0.3, 0.4) is 0 Å². The van der Waals surface area contributed by atoms with Crippen LogP contribution in [0.5, 0.6) is 0 Å². The third-order valence-corrected chi connectivity index (χ3v) is 25.0. The van der Waals surface area contributed by atoms with Gasteiger partial charge in [0.2, 0.25) is 0 Å². The maximum atomic E-state index is 14.2. The molecule has 4 aromatic carbocycles. The third kappa shape index (κ3) is 23.8. The number of hydrogen-bond donors (Lipinski definition) is 3. The van der Waals surface area contributed by atoms with Crippen LogP contribution in [-0.4, -0.2) is 129 Å². The van der Waals surface area contributed by atoms with Crippen LogP contribution < -0.4 is 18.6 Å². The van der Waals surface area contributed by atoms with E-state index in [-0.39, 0.29) is 74.9 Å². The van der Waals surface area contributed by atoms with Crippen molar-refractivity contribution in [3.8, 4) is 0 Å². The molecule has 16 aromatic rings. The Hall–Kier alpha value is -12.6. The van der Waals surface area contributed by atoms with Gasteiger partial charge in [-0.1, -0.05) is 167 Å². The molecule has 3 N–H and O–H groups in total. The van der Waals surface area contributed by atoms with Gasteiger partial charge in [-0.05, 0) is 214 Å². The number of aromatic carboxylic acids is 1. The third-order valence-electron chi connectivity index (χ3n) is 18.1. The molecule has 30 nitrogen and oxygen atoms in total. The van der Waals surface area contributed by atoms with Crippen LogP contribution in [0.1, 0.15) is 114 Å². The quantitative estimate of drug-likeness (QED) is 0.0487. The van der Waals surface area contributed by atoms with E-state index in [1.165, 1.54) is 57.3 Å². The first-order chi connectivity index (χ1) is 61.4. The summed E-state index contributed by atoms with van der Waals surface area (Å²) in [4.78, 5) is 71.9. The maximum Gasteiger partial charge on any atom is 0.430 e. The fraction of sp³-hybridized carbons (Fsp3) is 0.205. The van der Waals surface area contributed by atoms with Crippen molar-refractivity contribution in [2.45, 2.75) is 129 Å². The van der Waals surface area contributed by atoms with Crippen molar-refractivity contribution >= 4 is 181 Å². The van der Waals surface area contributed by atoms with E-state index in [0.29, 0.717) is 67.9 Å². The normalized spacial score (nSPS) is 11.7. The Morgan fingerprint density at radius 2 is 0.794 bits per heavy atom. The van der Waals surface area contributed by atoms with Gasteiger partial charge in [-0.25, -0.2) is 83.0 Å². The van der Waals surface area contributed by atoms with E-state index in [4.69, 9.17) is 88.9 Å². The number of esters is 1. The lowest BCUT2D eigenvalue weighted by atomic mass is 10.1. The highest BCUT2D eigenvalue weighted by molar-refractivity contribution is 7.93. The number of amides is 2. The number of benzene rings is 4. The predicted octanol–water partition coefficient (Wildman–Crippen LogP) is 21.5. The molecular weight excluding hydrogens is 1890 g/mol. The van der Waals surface area contributed by atoms with Crippen LogP contribution in [0.15, 0.2) is 234 Å². The van der Waals surface area contributed by atoms with E-state index in [1.807, 2.05) is 96.4 Å². The molecule has 686 valence electrons. The first kappa shape index (κ1) is 99.0. The number of nitrogens with zero attached hydrogens (tertiary/aromatic N) is 14. The molecular formula is C88H82Cl6F4N16O14S3. The van der Waals surface area contributed by atoms with Crippen molar-refractivity contribution in [3.63, 3.8) is 0 Å². The fourth-order valence-corrected chi connectivity index (χ4v) is 17.6. The van der Waals surface area contributed by atoms with Gasteiger partial charge in [0.1, 0.15) is 61.2 Å². The van der Waals surface area contributed by atoms with Gasteiger partial charge < -0.3 is 19.3 Å². The zero-order valence-corrected chi connectivity index (χ0v) is 78.7. The molecule has 0 bridgehead atoms. The lowest BCUT2D eigenvalue weighted by Gasteiger charge is -2.25. The minimum Gasteiger partial charge on any atom is -0.476 e. The van der Waals surface area contributed by atoms with Crippen LogP contribution >= 0.6 is 69.6 Å². The Bertz CT molecular complexity index is 7360. The fourth-order valence-electron chi connectivity index (χ4n) is 12.1. The summed E-state index contributed by atoms with van der Waals surface area (Å²) in [5.41, 5.74) is 6.15. The summed E-state index contributed by atoms with van der Waals surface area (Å²) in [5, 5.41) is 12.3. The van der Waals surface area contributed by atoms with E-state index in [1.54, 1.807) is 164 Å². The number of halogens is 10. The zero-order chi connectivity index (χ0) is 95.9. The largest absolute Gasteiger partial charge is 0.476 e. The molecule has 0 aliphatic heterocycles. The maximum absolute atomic E-state index is 14.2. The molecule has 0 atom stereocenters. The highest BCUT2D eigenvalue weighted by atomic mass is 35.5. The summed E-state index contributed by atoms with van der Waals surface area (Å²) in [5.74, 6) is -3.05. The van der Waals surface area contributed by atoms with Gasteiger partial charge in [0, 0.05) is 37.2 Å². The Kier molecular flexibility index (Phi) is 30.5. The first-order valence-corrected chi connectivity index (χ1v) is 45.7. The molecule has 12 aromatic heterocycles. The van der Waals surface area contributed by atoms with Gasteiger partial charge in [0.05, 0.1) is 33.4 Å². The van der Waals surface area contributed by atoms with Gasteiger partial charge >= 0.3 is 30.3 Å². The number of rotatable bonds is 15. The first-order valence-electron chi connectivity index (χ1n) is 39.1. The number of anilines is 4. The molecule has 0 unspecified atom stereocenters. The minimum atomic E-state index is -4.87. The van der Waals surface area contributed by atoms with Crippen molar-refractivity contribution < 1.29 is 81.3 Å². The Morgan fingerprint density at radius 1 is 0.435 bits per heavy atom. The van der Waals surface area contributed by atoms with Crippen LogP contribution in [-0.2, 0) is 57.0 Å². The number of carbonyl (C=O) groups excluding carboxylic acids is 3. The van der Waals surface area contributed by atoms with Crippen LogP contribution in [0, 0.1) is 47.4 Å². The molecule has 16 rings (SSSR count). The van der Waals surface area contributed by atoms with Crippen molar-refractivity contribution in [2.24, 2.45) is 0 Å². The van der Waals surface area contributed by atoms with Crippen molar-refractivity contribution in [3.05, 3.63) is 312 Å². The number of nitrogens with one attached hydrogen (secondary N) is 2. The smallest absolute Gasteiger partial charge is 0.430 e. The minimum absolute atomic E-state index is 0.00990. The number of imidazole rings is 6. The second-order valence-corrected chi connectivity index (χ2v) is 38.3. The number of aryl methyl sites for hydroxylation is 6. The van der Waals surface area contributed by atoms with Crippen molar-refractivity contribution in [2.75, 3.05) is 25.3 Å². The molecule has 2 amide bonds. The zero-order valence-electron chi connectivity index (χ0n) is 71.7. The topological polar surface area (TPSA) is 353 Å². The standard InChI is InChI=1S/C22H16ClF4N3O2S.C19H20ClN3O4S.C14H12ClN3O2S.C13H16ClN3O2.C11H11ClN2O2.C9H7ClN2O2/c1-14-7-10-19-28-21(20(23)29(19)12-14)30(33(31,32)16-5-3-2-4-6-16)13-15-8-9-17(18(24)11-15)22(25,26)27;1-13-10-11-15-21-17(16(20)22(15)12-13)23(18(24)27-19(2,3)4)28(25,26)14-8-6-5-7-9-14;1-10-7-8-12-16-14(13(15)18(12)9-10)17-21(19,20)11-5-3-2-4-6-11;1-8-5-6-9-15-11(10(14)17(9)7-8)16-12(18)19-13(2,3)4;1-3-16-11(15)9-10(12)14-6-7(2)4-5-8(14)13-9;1-5-2-3-6-11-7(9(13)14)8(10)12(6)4-5/h2-12H,13H2,1H3;5-12H,1-4H3;2-9,17H,1H3;5-7H,1-4H3,(H,16,18);4-6H,3H2,1-2H3;2-4H,1H3,(H,13,14). The average Bonchev–Trinajstić information content (AvgIpc) is 1.64. The van der Waals surface area contributed by atoms with Gasteiger partial charge in [-0.3, -0.25) is 36.4 Å². The number of fused-ring (bicyclic) bond motifs is 6. The van der Waals surface area contributed by atoms with E-state index in [0.717, 1.165) is 43.8 Å². The highest BCUT2D eigenvalue weighted by Gasteiger charge is 2.40. The number of pyridine rings is 6. The summed E-state index contributed by atoms with van der Waals surface area (Å²) in [7, 11) is -12.3. The molecule has 0 radical (unpaired) electrons. The molecule has 0 saturated carbocycles. The summed E-state index contributed by atoms with van der Waals surface area (Å²) in [6, 6.07) is 47.0. The van der Waals surface area contributed by atoms with Crippen molar-refractivity contribution in [1.82, 2.24) is 56.3 Å². The molecule has 0 aliphatic rings. The summed E-state index contributed by atoms with van der Waals surface area (Å²) in [6.45, 7) is 23.3. The second kappa shape index (κ2) is 40.4. The Morgan fingerprint density at radius 3 is 1.21 bits per heavy atom. The number of aromatic nitrogens is 12. The monoisotopic (exact) mass is 1970 g/mol. The number of alkyl halides is 3. The molecule has 0 spiro atoms. The molecule has 0 saturated heterocycles. The van der Waals surface area contributed by atoms with E-state index in [9.17, 15) is 62.0 Å². The second-order valence-electron chi connectivity index (χ2n) is 30.8. The van der Waals surface area contributed by atoms with E-state index in [2.05, 4.69) is 39.9 Å². The molecule has 0 fully saturated rings. The number of ether oxygens (including phenoxy) is 3. The molecule has 43 heteroatoms. The number of carboxylic acids is 1. The van der Waals surface area contributed by atoms with Gasteiger partial charge in [0.25, 0.3) is 30.1 Å². The highest BCUT2D eigenvalue weighted by Crippen LogP contribution is 2.38. The Labute approximate surface area is 778 Å². The number of carboxylic acid groups (broad SMARTS) is 1. The van der Waals surface area contributed by atoms with Crippen LogP contribution in [0.2, 0.25) is 30.9 Å². The molecule has 131 heavy (non-hydrogen) atoms. The lowest BCUT2D eigenvalue weighted by Crippen LogP contribution is -2.41. The Balaban J connectivity index is 0.000000155. The number of hydrogen-bond acceptors (Lipinski definition) is 19. The summed E-state index contributed by atoms with van der Waals surface area (Å²) < 4.78 is 160. The average molecular weight is 1970 g/mol. The van der Waals surface area contributed by atoms with E-state index < -0.39 is 89.5 Å². The van der Waals surface area contributed by atoms with Crippen LogP contribution in [0.4, 0.5) is 50.4 Å². The van der Waals surface area contributed by atoms with Gasteiger partial charge in [-0.15, -0.1) is 4.31 Å². The number of sulfonamides is 3. The van der Waals surface area contributed by atoms with Crippen LogP contribution in [0.25, 0.3) is 33.9 Å². The number of carbonyl (C=O) groups is 4. The van der Waals surface area contributed by atoms with Crippen molar-refractivity contribution in [1.29, 1.82) is 0 Å². The molecule has 12 heterocycles. The summed E-state index contributed by atoms with van der Waals surface area (Å²) >= 11 is 37.2. The van der Waals surface area contributed by atoms with Gasteiger partial charge in [-0.2, -0.15) is 13.2 Å². The summed E-state index contributed by atoms with van der Waals surface area (Å²) in [6.07, 6.45) is 4.06. The lowest BCUT2D eigenvalue weighted by molar-refractivity contribution is -0.140. The SMILES string of the molecule is CCOC(=O)c1nc2ccc(C)cn2c1Cl.Cc1ccc2nc(C(=O)O)c(Cl)n2c1.Cc1ccc2nc(N(C(=O)OC(C)(C)C)S(=O)(=O)c3ccccc3)c(Cl)n2c1.Cc1ccc2nc(N(Cc3ccc(C(F)(F)F)c(F)c3)S(=O)(=O)c3ccccc3)c(Cl)n2c1.Cc1ccc2nc(NC(=O)OC(C)(C)C)c(Cl)n2c1.Cc1ccc2nc(NS(=O)(=O)c3ccccc3)c(Cl)n2c1. The van der Waals surface area contributed by atoms with E-state index >= 15 is 0 Å².